The molecule has 0 unspecified atom stereocenters. The van der Waals surface area contributed by atoms with Gasteiger partial charge in [-0.05, 0) is 6.92 Å². The summed E-state index contributed by atoms with van der Waals surface area (Å²) >= 11 is 1.71. The molecule has 1 heterocycles. The van der Waals surface area contributed by atoms with Crippen molar-refractivity contribution in [2.75, 3.05) is 19.6 Å². The molecule has 2 N–H and O–H groups in total. The zero-order chi connectivity index (χ0) is 15.0. The van der Waals surface area contributed by atoms with Gasteiger partial charge in [-0.15, -0.1) is 17.8 Å². The lowest BCUT2D eigenvalue weighted by atomic mass is 9.93. The molecule has 0 amide bonds. The molecule has 0 aliphatic rings. The SMILES string of the molecule is C#CCNC(=NCCc1nc(C(C)(C)C)cs1)NCC. The van der Waals surface area contributed by atoms with Crippen molar-refractivity contribution in [1.29, 1.82) is 0 Å². The van der Waals surface area contributed by atoms with E-state index in [1.165, 1.54) is 0 Å². The predicted octanol–water partition coefficient (Wildman–Crippen LogP) is 2.17. The molecule has 1 rings (SSSR count). The number of guanidine groups is 1. The van der Waals surface area contributed by atoms with Crippen LogP contribution in [0.1, 0.15) is 38.4 Å². The molecule has 0 saturated heterocycles. The number of aromatic nitrogens is 1. The molecule has 1 aromatic heterocycles. The summed E-state index contributed by atoms with van der Waals surface area (Å²) in [6.07, 6.45) is 6.09. The van der Waals surface area contributed by atoms with Gasteiger partial charge < -0.3 is 10.6 Å². The summed E-state index contributed by atoms with van der Waals surface area (Å²) in [7, 11) is 0. The topological polar surface area (TPSA) is 49.3 Å². The van der Waals surface area contributed by atoms with Crippen LogP contribution in [-0.2, 0) is 11.8 Å². The minimum absolute atomic E-state index is 0.112. The zero-order valence-corrected chi connectivity index (χ0v) is 13.6. The highest BCUT2D eigenvalue weighted by Gasteiger charge is 2.17. The molecule has 0 spiro atoms. The third-order valence-corrected chi connectivity index (χ3v) is 3.53. The standard InChI is InChI=1S/C15H24N4S/c1-6-9-17-14(16-7-2)18-10-8-13-19-12(11-20-13)15(3,4)5/h1,11H,7-10H2,2-5H3,(H2,16,17,18). The van der Waals surface area contributed by atoms with Gasteiger partial charge in [0.25, 0.3) is 0 Å². The highest BCUT2D eigenvalue weighted by Crippen LogP contribution is 2.23. The van der Waals surface area contributed by atoms with Crippen LogP contribution >= 0.6 is 11.3 Å². The van der Waals surface area contributed by atoms with E-state index in [1.54, 1.807) is 11.3 Å². The first kappa shape index (κ1) is 16.5. The quantitative estimate of drug-likeness (QED) is 0.497. The normalized spacial score (nSPS) is 12.1. The lowest BCUT2D eigenvalue weighted by Crippen LogP contribution is -2.37. The Balaban J connectivity index is 2.53. The summed E-state index contributed by atoms with van der Waals surface area (Å²) < 4.78 is 0. The number of nitrogens with zero attached hydrogens (tertiary/aromatic N) is 2. The maximum absolute atomic E-state index is 5.23. The Morgan fingerprint density at radius 2 is 2.20 bits per heavy atom. The molecule has 20 heavy (non-hydrogen) atoms. The van der Waals surface area contributed by atoms with Gasteiger partial charge in [-0.2, -0.15) is 0 Å². The molecular weight excluding hydrogens is 268 g/mol. The fraction of sp³-hybridized carbons (Fsp3) is 0.600. The second-order valence-corrected chi connectivity index (χ2v) is 6.39. The van der Waals surface area contributed by atoms with Gasteiger partial charge in [-0.3, -0.25) is 4.99 Å². The van der Waals surface area contributed by atoms with Crippen molar-refractivity contribution in [3.05, 3.63) is 16.1 Å². The summed E-state index contributed by atoms with van der Waals surface area (Å²) in [4.78, 5) is 9.15. The number of thiazole rings is 1. The number of aliphatic imine (C=N–C) groups is 1. The van der Waals surface area contributed by atoms with Crippen molar-refractivity contribution in [2.45, 2.75) is 39.5 Å². The first-order valence-corrected chi connectivity index (χ1v) is 7.76. The molecule has 0 radical (unpaired) electrons. The van der Waals surface area contributed by atoms with Gasteiger partial charge in [-0.1, -0.05) is 26.7 Å². The van der Waals surface area contributed by atoms with Crippen LogP contribution in [0.5, 0.6) is 0 Å². The van der Waals surface area contributed by atoms with Crippen molar-refractivity contribution in [3.8, 4) is 12.3 Å². The molecule has 0 fully saturated rings. The van der Waals surface area contributed by atoms with Crippen molar-refractivity contribution in [1.82, 2.24) is 15.6 Å². The smallest absolute Gasteiger partial charge is 0.192 e. The van der Waals surface area contributed by atoms with Gasteiger partial charge in [-0.25, -0.2) is 4.98 Å². The molecule has 1 aromatic rings. The molecule has 5 heteroatoms. The number of nitrogens with one attached hydrogen (secondary N) is 2. The highest BCUT2D eigenvalue weighted by molar-refractivity contribution is 7.09. The van der Waals surface area contributed by atoms with Gasteiger partial charge in [0.05, 0.1) is 17.2 Å². The van der Waals surface area contributed by atoms with Crippen LogP contribution in [0, 0.1) is 12.3 Å². The van der Waals surface area contributed by atoms with Crippen LogP contribution in [0.2, 0.25) is 0 Å². The first-order chi connectivity index (χ1) is 9.47. The lowest BCUT2D eigenvalue weighted by molar-refractivity contribution is 0.571. The molecule has 4 nitrogen and oxygen atoms in total. The zero-order valence-electron chi connectivity index (χ0n) is 12.8. The van der Waals surface area contributed by atoms with Gasteiger partial charge in [0.15, 0.2) is 5.96 Å². The van der Waals surface area contributed by atoms with E-state index in [4.69, 9.17) is 6.42 Å². The van der Waals surface area contributed by atoms with Crippen molar-refractivity contribution < 1.29 is 0 Å². The van der Waals surface area contributed by atoms with E-state index in [1.807, 2.05) is 6.92 Å². The van der Waals surface area contributed by atoms with E-state index in [2.05, 4.69) is 52.7 Å². The molecule has 0 saturated carbocycles. The average Bonchev–Trinajstić information content (AvgIpc) is 2.84. The van der Waals surface area contributed by atoms with Crippen molar-refractivity contribution in [3.63, 3.8) is 0 Å². The monoisotopic (exact) mass is 292 g/mol. The van der Waals surface area contributed by atoms with Crippen LogP contribution in [-0.4, -0.2) is 30.6 Å². The summed E-state index contributed by atoms with van der Waals surface area (Å²) in [5.74, 6) is 3.30. The van der Waals surface area contributed by atoms with Crippen LogP contribution in [0.15, 0.2) is 10.4 Å². The van der Waals surface area contributed by atoms with Crippen LogP contribution in [0.3, 0.4) is 0 Å². The van der Waals surface area contributed by atoms with E-state index in [9.17, 15) is 0 Å². The Morgan fingerprint density at radius 3 is 2.75 bits per heavy atom. The van der Waals surface area contributed by atoms with Crippen LogP contribution < -0.4 is 10.6 Å². The maximum atomic E-state index is 5.23. The van der Waals surface area contributed by atoms with Gasteiger partial charge in [0.2, 0.25) is 0 Å². The fourth-order valence-corrected chi connectivity index (χ4v) is 2.52. The second-order valence-electron chi connectivity index (χ2n) is 5.44. The van der Waals surface area contributed by atoms with Crippen LogP contribution in [0.25, 0.3) is 0 Å². The molecule has 110 valence electrons. The average molecular weight is 292 g/mol. The molecule has 0 aliphatic heterocycles. The Labute approximate surface area is 126 Å². The van der Waals surface area contributed by atoms with Gasteiger partial charge in [0, 0.05) is 30.3 Å². The van der Waals surface area contributed by atoms with E-state index in [0.29, 0.717) is 13.1 Å². The highest BCUT2D eigenvalue weighted by atomic mass is 32.1. The second kappa shape index (κ2) is 7.91. The minimum atomic E-state index is 0.112. The van der Waals surface area contributed by atoms with E-state index in [0.717, 1.165) is 29.6 Å². The fourth-order valence-electron chi connectivity index (χ4n) is 1.51. The van der Waals surface area contributed by atoms with E-state index in [-0.39, 0.29) is 5.41 Å². The molecule has 0 bridgehead atoms. The first-order valence-electron chi connectivity index (χ1n) is 6.88. The Morgan fingerprint density at radius 1 is 1.45 bits per heavy atom. The largest absolute Gasteiger partial charge is 0.357 e. The van der Waals surface area contributed by atoms with Gasteiger partial charge >= 0.3 is 0 Å². The summed E-state index contributed by atoms with van der Waals surface area (Å²) in [5.41, 5.74) is 1.26. The predicted molar refractivity (Wildman–Crippen MR) is 87.3 cm³/mol. The molecular formula is C15H24N4S. The summed E-state index contributed by atoms with van der Waals surface area (Å²) in [5, 5.41) is 9.50. The number of hydrogen-bond acceptors (Lipinski definition) is 3. The van der Waals surface area contributed by atoms with E-state index < -0.39 is 0 Å². The third kappa shape index (κ3) is 5.62. The molecule has 0 atom stereocenters. The Hall–Kier alpha value is -1.54. The third-order valence-electron chi connectivity index (χ3n) is 2.62. The Bertz CT molecular complexity index is 477. The number of terminal acetylenes is 1. The number of rotatable bonds is 5. The van der Waals surface area contributed by atoms with Crippen molar-refractivity contribution in [2.24, 2.45) is 4.99 Å². The maximum Gasteiger partial charge on any atom is 0.192 e. The minimum Gasteiger partial charge on any atom is -0.357 e. The number of hydrogen-bond donors (Lipinski definition) is 2. The van der Waals surface area contributed by atoms with E-state index >= 15 is 0 Å². The lowest BCUT2D eigenvalue weighted by Gasteiger charge is -2.14. The van der Waals surface area contributed by atoms with Gasteiger partial charge in [0.1, 0.15) is 0 Å². The molecule has 0 aromatic carbocycles. The van der Waals surface area contributed by atoms with Crippen LogP contribution in [0.4, 0.5) is 0 Å². The molecule has 0 aliphatic carbocycles. The summed E-state index contributed by atoms with van der Waals surface area (Å²) in [6, 6.07) is 0. The summed E-state index contributed by atoms with van der Waals surface area (Å²) in [6.45, 7) is 10.6. The Kier molecular flexibility index (Phi) is 6.53. The van der Waals surface area contributed by atoms with Crippen molar-refractivity contribution >= 4 is 17.3 Å².